The van der Waals surface area contributed by atoms with Crippen LogP contribution in [0.5, 0.6) is 5.75 Å². The van der Waals surface area contributed by atoms with E-state index in [4.69, 9.17) is 23.2 Å². The van der Waals surface area contributed by atoms with Crippen LogP contribution in [-0.2, 0) is 0 Å². The van der Waals surface area contributed by atoms with Gasteiger partial charge in [-0.05, 0) is 0 Å². The fraction of sp³-hybridized carbons (Fsp3) is 0.143. The van der Waals surface area contributed by atoms with Crippen LogP contribution in [0, 0.1) is 17.5 Å². The molecule has 15 heavy (non-hydrogen) atoms. The summed E-state index contributed by atoms with van der Waals surface area (Å²) < 4.78 is 65.5. The first-order valence-corrected chi connectivity index (χ1v) is 4.08. The molecule has 0 fully saturated rings. The van der Waals surface area contributed by atoms with E-state index in [0.29, 0.717) is 0 Å². The summed E-state index contributed by atoms with van der Waals surface area (Å²) in [6.07, 6.45) is 0. The van der Waals surface area contributed by atoms with E-state index in [2.05, 4.69) is 4.74 Å². The first-order chi connectivity index (χ1) is 6.86. The molecule has 0 heterocycles. The van der Waals surface area contributed by atoms with E-state index < -0.39 is 39.9 Å². The van der Waals surface area contributed by atoms with Gasteiger partial charge in [0.25, 0.3) is 0 Å². The van der Waals surface area contributed by atoms with E-state index >= 15 is 0 Å². The Kier molecular flexibility index (Phi) is 3.62. The second-order valence-corrected chi connectivity index (χ2v) is 3.03. The van der Waals surface area contributed by atoms with Crippen molar-refractivity contribution in [2.24, 2.45) is 0 Å². The number of hydrogen-bond donors (Lipinski definition) is 0. The second-order valence-electron chi connectivity index (χ2n) is 2.28. The van der Waals surface area contributed by atoms with Crippen LogP contribution < -0.4 is 4.74 Å². The van der Waals surface area contributed by atoms with Crippen molar-refractivity contribution >= 4 is 23.2 Å². The minimum Gasteiger partial charge on any atom is -0.430 e. The Bertz CT molecular complexity index is 366. The topological polar surface area (TPSA) is 9.23 Å². The molecule has 0 aromatic heterocycles. The zero-order chi connectivity index (χ0) is 11.7. The monoisotopic (exact) mass is 266 g/mol. The number of hydrogen-bond acceptors (Lipinski definition) is 1. The largest absolute Gasteiger partial charge is 0.430 e. The summed E-state index contributed by atoms with van der Waals surface area (Å²) in [6, 6.07) is 0. The Morgan fingerprint density at radius 3 is 1.80 bits per heavy atom. The van der Waals surface area contributed by atoms with Crippen molar-refractivity contribution in [1.29, 1.82) is 0 Å². The molecule has 0 saturated carbocycles. The van der Waals surface area contributed by atoms with Gasteiger partial charge in [-0.2, -0.15) is 8.78 Å². The summed E-state index contributed by atoms with van der Waals surface area (Å²) in [5.74, 6) is -6.52. The van der Waals surface area contributed by atoms with Gasteiger partial charge < -0.3 is 4.74 Å². The molecule has 0 N–H and O–H groups in total. The van der Waals surface area contributed by atoms with Gasteiger partial charge in [-0.1, -0.05) is 23.2 Å². The molecule has 1 aromatic carbocycles. The zero-order valence-electron chi connectivity index (χ0n) is 6.63. The normalized spacial score (nSPS) is 10.9. The predicted octanol–water partition coefficient (Wildman–Crippen LogP) is 4.01. The van der Waals surface area contributed by atoms with Crippen molar-refractivity contribution in [2.45, 2.75) is 6.61 Å². The fourth-order valence-corrected chi connectivity index (χ4v) is 1.16. The second kappa shape index (κ2) is 4.40. The number of benzene rings is 1. The fourth-order valence-electron chi connectivity index (χ4n) is 0.777. The molecule has 1 aromatic rings. The SMILES string of the molecule is Fc1c(F)c(Cl)c(OC(F)F)c(F)c1Cl. The van der Waals surface area contributed by atoms with E-state index in [-0.39, 0.29) is 0 Å². The third-order valence-corrected chi connectivity index (χ3v) is 2.05. The molecule has 84 valence electrons. The lowest BCUT2D eigenvalue weighted by Crippen LogP contribution is -2.06. The summed E-state index contributed by atoms with van der Waals surface area (Å²) >= 11 is 10.0. The molecule has 0 unspecified atom stereocenters. The quantitative estimate of drug-likeness (QED) is 0.447. The Morgan fingerprint density at radius 1 is 0.867 bits per heavy atom. The molecule has 0 spiro atoms. The van der Waals surface area contributed by atoms with Crippen molar-refractivity contribution in [3.8, 4) is 5.75 Å². The first-order valence-electron chi connectivity index (χ1n) is 3.32. The van der Waals surface area contributed by atoms with E-state index in [1.54, 1.807) is 0 Å². The third-order valence-electron chi connectivity index (χ3n) is 1.38. The number of ether oxygens (including phenoxy) is 1. The van der Waals surface area contributed by atoms with E-state index in [9.17, 15) is 22.0 Å². The highest BCUT2D eigenvalue weighted by molar-refractivity contribution is 6.34. The minimum absolute atomic E-state index is 1.23. The van der Waals surface area contributed by atoms with Gasteiger partial charge in [0.15, 0.2) is 23.2 Å². The Balaban J connectivity index is 3.39. The van der Waals surface area contributed by atoms with Crippen LogP contribution in [-0.4, -0.2) is 6.61 Å². The summed E-state index contributed by atoms with van der Waals surface area (Å²) in [6.45, 7) is -3.43. The molecular weight excluding hydrogens is 266 g/mol. The predicted molar refractivity (Wildman–Crippen MR) is 43.0 cm³/mol. The molecule has 0 amide bonds. The number of alkyl halides is 2. The lowest BCUT2D eigenvalue weighted by atomic mass is 10.3. The van der Waals surface area contributed by atoms with Gasteiger partial charge in [0.2, 0.25) is 0 Å². The standard InChI is InChI=1S/C7HCl2F5O/c8-1-3(10)4(11)2(9)6(5(1)12)15-7(13)14/h7H. The van der Waals surface area contributed by atoms with Crippen LogP contribution in [0.25, 0.3) is 0 Å². The molecule has 0 atom stereocenters. The van der Waals surface area contributed by atoms with Crippen molar-refractivity contribution < 1.29 is 26.7 Å². The maximum Gasteiger partial charge on any atom is 0.387 e. The van der Waals surface area contributed by atoms with E-state index in [1.807, 2.05) is 0 Å². The summed E-state index contributed by atoms with van der Waals surface area (Å²) in [5.41, 5.74) is 0. The van der Waals surface area contributed by atoms with Gasteiger partial charge in [-0.25, -0.2) is 13.2 Å². The van der Waals surface area contributed by atoms with E-state index in [1.165, 1.54) is 0 Å². The van der Waals surface area contributed by atoms with Crippen LogP contribution >= 0.6 is 23.2 Å². The van der Waals surface area contributed by atoms with E-state index in [0.717, 1.165) is 0 Å². The zero-order valence-corrected chi connectivity index (χ0v) is 8.14. The van der Waals surface area contributed by atoms with Crippen LogP contribution in [0.4, 0.5) is 22.0 Å². The highest BCUT2D eigenvalue weighted by atomic mass is 35.5. The van der Waals surface area contributed by atoms with Crippen molar-refractivity contribution in [2.75, 3.05) is 0 Å². The van der Waals surface area contributed by atoms with Crippen LogP contribution in [0.3, 0.4) is 0 Å². The molecule has 1 nitrogen and oxygen atoms in total. The molecule has 0 bridgehead atoms. The maximum atomic E-state index is 13.0. The lowest BCUT2D eigenvalue weighted by Gasteiger charge is -2.10. The minimum atomic E-state index is -3.43. The van der Waals surface area contributed by atoms with Crippen LogP contribution in [0.15, 0.2) is 0 Å². The van der Waals surface area contributed by atoms with Gasteiger partial charge in [0.05, 0.1) is 0 Å². The maximum absolute atomic E-state index is 13.0. The van der Waals surface area contributed by atoms with Crippen LogP contribution in [0.2, 0.25) is 10.0 Å². The van der Waals surface area contributed by atoms with Gasteiger partial charge >= 0.3 is 6.61 Å². The molecule has 0 saturated heterocycles. The molecule has 0 aliphatic rings. The Labute approximate surface area is 90.3 Å². The summed E-state index contributed by atoms with van der Waals surface area (Å²) in [5, 5.41) is -2.53. The average molecular weight is 267 g/mol. The summed E-state index contributed by atoms with van der Waals surface area (Å²) in [7, 11) is 0. The third kappa shape index (κ3) is 2.26. The molecule has 0 aliphatic carbocycles. The molecule has 0 radical (unpaired) electrons. The molecule has 8 heteroatoms. The van der Waals surface area contributed by atoms with Gasteiger partial charge in [0, 0.05) is 0 Å². The Hall–Kier alpha value is -0.750. The molecular formula is C7HCl2F5O. The number of rotatable bonds is 2. The summed E-state index contributed by atoms with van der Waals surface area (Å²) in [4.78, 5) is 0. The molecule has 1 rings (SSSR count). The number of halogens is 7. The highest BCUT2D eigenvalue weighted by Crippen LogP contribution is 2.38. The van der Waals surface area contributed by atoms with Crippen LogP contribution in [0.1, 0.15) is 0 Å². The van der Waals surface area contributed by atoms with Gasteiger partial charge in [0.1, 0.15) is 10.0 Å². The lowest BCUT2D eigenvalue weighted by molar-refractivity contribution is -0.0523. The average Bonchev–Trinajstić information content (AvgIpc) is 2.18. The first kappa shape index (κ1) is 12.3. The van der Waals surface area contributed by atoms with Gasteiger partial charge in [-0.3, -0.25) is 0 Å². The van der Waals surface area contributed by atoms with Crippen molar-refractivity contribution in [3.05, 3.63) is 27.5 Å². The van der Waals surface area contributed by atoms with Crippen molar-refractivity contribution in [1.82, 2.24) is 0 Å². The van der Waals surface area contributed by atoms with Gasteiger partial charge in [-0.15, -0.1) is 0 Å². The molecule has 0 aliphatic heterocycles. The smallest absolute Gasteiger partial charge is 0.387 e. The highest BCUT2D eigenvalue weighted by Gasteiger charge is 2.26. The van der Waals surface area contributed by atoms with Crippen molar-refractivity contribution in [3.63, 3.8) is 0 Å². The Morgan fingerprint density at radius 2 is 1.33 bits per heavy atom.